The van der Waals surface area contributed by atoms with Crippen molar-refractivity contribution >= 4 is 23.4 Å². The number of aromatic nitrogens is 2. The summed E-state index contributed by atoms with van der Waals surface area (Å²) >= 11 is 1.33. The highest BCUT2D eigenvalue weighted by molar-refractivity contribution is 8.00. The van der Waals surface area contributed by atoms with Crippen LogP contribution in [0.3, 0.4) is 0 Å². The number of nitrogens with zero attached hydrogens (tertiary/aromatic N) is 3. The van der Waals surface area contributed by atoms with Gasteiger partial charge in [0.25, 0.3) is 0 Å². The summed E-state index contributed by atoms with van der Waals surface area (Å²) in [5.41, 5.74) is 2.60. The van der Waals surface area contributed by atoms with Gasteiger partial charge in [-0.05, 0) is 45.5 Å². The Morgan fingerprint density at radius 2 is 2.11 bits per heavy atom. The predicted octanol–water partition coefficient (Wildman–Crippen LogP) is 2.03. The van der Waals surface area contributed by atoms with Crippen molar-refractivity contribution in [1.82, 2.24) is 14.5 Å². The minimum absolute atomic E-state index is 0.153. The molecule has 0 fully saturated rings. The molecule has 1 aromatic heterocycles. The molecule has 150 valence electrons. The van der Waals surface area contributed by atoms with E-state index in [0.717, 1.165) is 37.1 Å². The van der Waals surface area contributed by atoms with Crippen LogP contribution in [0.4, 0.5) is 5.69 Å². The van der Waals surface area contributed by atoms with Crippen LogP contribution in [0.15, 0.2) is 34.1 Å². The average molecular weight is 403 g/mol. The number of ether oxygens (including phenoxy) is 1. The lowest BCUT2D eigenvalue weighted by Gasteiger charge is -2.16. The number of para-hydroxylation sites is 2. The van der Waals surface area contributed by atoms with Gasteiger partial charge in [-0.3, -0.25) is 9.36 Å². The van der Waals surface area contributed by atoms with Crippen LogP contribution in [-0.4, -0.2) is 53.9 Å². The van der Waals surface area contributed by atoms with Crippen molar-refractivity contribution in [2.24, 2.45) is 0 Å². The van der Waals surface area contributed by atoms with Gasteiger partial charge in [-0.1, -0.05) is 23.9 Å². The third-order valence-corrected chi connectivity index (χ3v) is 5.71. The van der Waals surface area contributed by atoms with Crippen LogP contribution in [0.25, 0.3) is 0 Å². The fourth-order valence-corrected chi connectivity index (χ4v) is 4.18. The van der Waals surface area contributed by atoms with Crippen LogP contribution < -0.4 is 15.7 Å². The van der Waals surface area contributed by atoms with Gasteiger partial charge in [0, 0.05) is 24.3 Å². The highest BCUT2D eigenvalue weighted by atomic mass is 32.2. The molecule has 0 aliphatic heterocycles. The zero-order chi connectivity index (χ0) is 20.1. The molecule has 0 unspecified atom stereocenters. The van der Waals surface area contributed by atoms with Crippen molar-refractivity contribution < 1.29 is 9.53 Å². The second-order valence-electron chi connectivity index (χ2n) is 6.97. The van der Waals surface area contributed by atoms with E-state index >= 15 is 0 Å². The summed E-state index contributed by atoms with van der Waals surface area (Å²) in [5, 5.41) is 3.55. The number of carbonyl (C=O) groups excluding carboxylic acids is 1. The number of hydrogen-bond donors (Lipinski definition) is 1. The zero-order valence-corrected chi connectivity index (χ0v) is 17.3. The number of likely N-dealkylation sites (N-methyl/N-ethyl adjacent to an activating group) is 1. The topological polar surface area (TPSA) is 76.5 Å². The second-order valence-corrected chi connectivity index (χ2v) is 7.93. The first-order chi connectivity index (χ1) is 13.5. The Labute approximate surface area is 169 Å². The lowest BCUT2D eigenvalue weighted by Crippen LogP contribution is -2.31. The molecule has 1 N–H and O–H groups in total. The SMILES string of the molecule is COc1ccccc1NC(=O)CSc1nc(=O)n(CCN(C)C)c2c1CCC2. The number of amides is 1. The maximum atomic E-state index is 12.5. The van der Waals surface area contributed by atoms with Crippen molar-refractivity contribution in [2.45, 2.75) is 30.8 Å². The van der Waals surface area contributed by atoms with Crippen molar-refractivity contribution in [3.8, 4) is 5.75 Å². The Hall–Kier alpha value is -2.32. The Kier molecular flexibility index (Phi) is 6.74. The van der Waals surface area contributed by atoms with Crippen molar-refractivity contribution in [2.75, 3.05) is 38.8 Å². The second kappa shape index (κ2) is 9.25. The van der Waals surface area contributed by atoms with Gasteiger partial charge in [-0.25, -0.2) is 4.79 Å². The van der Waals surface area contributed by atoms with E-state index in [0.29, 0.717) is 23.0 Å². The van der Waals surface area contributed by atoms with Crippen LogP contribution in [0.5, 0.6) is 5.75 Å². The average Bonchev–Trinajstić information content (AvgIpc) is 3.15. The number of rotatable bonds is 8. The summed E-state index contributed by atoms with van der Waals surface area (Å²) in [6, 6.07) is 7.28. The lowest BCUT2D eigenvalue weighted by atomic mass is 10.2. The maximum Gasteiger partial charge on any atom is 0.348 e. The first-order valence-corrected chi connectivity index (χ1v) is 10.3. The summed E-state index contributed by atoms with van der Waals surface area (Å²) < 4.78 is 7.05. The number of fused-ring (bicyclic) bond motifs is 1. The molecule has 1 aliphatic rings. The van der Waals surface area contributed by atoms with Gasteiger partial charge in [0.15, 0.2) is 0 Å². The third-order valence-electron chi connectivity index (χ3n) is 4.69. The standard InChI is InChI=1S/C20H26N4O3S/c1-23(2)11-12-24-16-9-6-7-14(16)19(22-20(24)26)28-13-18(25)21-15-8-4-5-10-17(15)27-3/h4-5,8,10H,6-7,9,11-13H2,1-3H3,(H,21,25). The quantitative estimate of drug-likeness (QED) is 0.538. The molecule has 3 rings (SSSR count). The van der Waals surface area contributed by atoms with Crippen LogP contribution in [0.2, 0.25) is 0 Å². The molecule has 0 spiro atoms. The lowest BCUT2D eigenvalue weighted by molar-refractivity contribution is -0.113. The maximum absolute atomic E-state index is 12.5. The van der Waals surface area contributed by atoms with Gasteiger partial charge >= 0.3 is 5.69 Å². The molecule has 0 saturated heterocycles. The summed E-state index contributed by atoms with van der Waals surface area (Å²) in [6.07, 6.45) is 2.81. The number of thioether (sulfide) groups is 1. The predicted molar refractivity (Wildman–Crippen MR) is 111 cm³/mol. The van der Waals surface area contributed by atoms with E-state index in [1.165, 1.54) is 11.8 Å². The van der Waals surface area contributed by atoms with Crippen LogP contribution in [-0.2, 0) is 24.2 Å². The number of carbonyl (C=O) groups is 1. The number of hydrogen-bond acceptors (Lipinski definition) is 6. The third kappa shape index (κ3) is 4.74. The Bertz CT molecular complexity index is 911. The van der Waals surface area contributed by atoms with Gasteiger partial charge in [0.05, 0.1) is 18.6 Å². The molecule has 0 atom stereocenters. The van der Waals surface area contributed by atoms with E-state index in [4.69, 9.17) is 4.74 Å². The van der Waals surface area contributed by atoms with E-state index in [9.17, 15) is 9.59 Å². The Morgan fingerprint density at radius 1 is 1.32 bits per heavy atom. The van der Waals surface area contributed by atoms with Gasteiger partial charge in [0.1, 0.15) is 10.8 Å². The molecule has 28 heavy (non-hydrogen) atoms. The van der Waals surface area contributed by atoms with Gasteiger partial charge in [-0.15, -0.1) is 0 Å². The normalized spacial score (nSPS) is 12.9. The van der Waals surface area contributed by atoms with Gasteiger partial charge in [-0.2, -0.15) is 4.98 Å². The molecule has 0 saturated carbocycles. The molecule has 1 aromatic carbocycles. The molecule has 0 bridgehead atoms. The fourth-order valence-electron chi connectivity index (χ4n) is 3.30. The van der Waals surface area contributed by atoms with Crippen LogP contribution in [0, 0.1) is 0 Å². The molecule has 1 aliphatic carbocycles. The molecular weight excluding hydrogens is 376 g/mol. The first-order valence-electron chi connectivity index (χ1n) is 9.32. The summed E-state index contributed by atoms with van der Waals surface area (Å²) in [4.78, 5) is 31.3. The minimum Gasteiger partial charge on any atom is -0.495 e. The summed E-state index contributed by atoms with van der Waals surface area (Å²) in [5.74, 6) is 0.654. The Morgan fingerprint density at radius 3 is 2.86 bits per heavy atom. The largest absolute Gasteiger partial charge is 0.495 e. The molecule has 8 heteroatoms. The van der Waals surface area contributed by atoms with E-state index in [-0.39, 0.29) is 17.3 Å². The Balaban J connectivity index is 1.71. The van der Waals surface area contributed by atoms with Crippen LogP contribution in [0.1, 0.15) is 17.7 Å². The monoisotopic (exact) mass is 402 g/mol. The first kappa shape index (κ1) is 20.4. The number of benzene rings is 1. The van der Waals surface area contributed by atoms with Gasteiger partial charge < -0.3 is 15.0 Å². The number of anilines is 1. The summed E-state index contributed by atoms with van der Waals surface area (Å²) in [6.45, 7) is 1.43. The van der Waals surface area contributed by atoms with Crippen molar-refractivity contribution in [1.29, 1.82) is 0 Å². The van der Waals surface area contributed by atoms with E-state index < -0.39 is 0 Å². The summed E-state index contributed by atoms with van der Waals surface area (Å²) in [7, 11) is 5.55. The van der Waals surface area contributed by atoms with E-state index in [1.807, 2.05) is 26.2 Å². The van der Waals surface area contributed by atoms with Crippen molar-refractivity contribution in [3.05, 3.63) is 46.0 Å². The molecule has 1 amide bonds. The zero-order valence-electron chi connectivity index (χ0n) is 16.5. The van der Waals surface area contributed by atoms with Gasteiger partial charge in [0.2, 0.25) is 5.91 Å². The molecular formula is C20H26N4O3S. The number of nitrogens with one attached hydrogen (secondary N) is 1. The molecule has 0 radical (unpaired) electrons. The fraction of sp³-hybridized carbons (Fsp3) is 0.450. The van der Waals surface area contributed by atoms with Crippen LogP contribution >= 0.6 is 11.8 Å². The minimum atomic E-state index is -0.227. The molecule has 2 aromatic rings. The molecule has 7 nitrogen and oxygen atoms in total. The number of methoxy groups -OCH3 is 1. The smallest absolute Gasteiger partial charge is 0.348 e. The highest BCUT2D eigenvalue weighted by Gasteiger charge is 2.22. The van der Waals surface area contributed by atoms with E-state index in [1.54, 1.807) is 23.8 Å². The van der Waals surface area contributed by atoms with E-state index in [2.05, 4.69) is 15.2 Å². The molecule has 1 heterocycles. The highest BCUT2D eigenvalue weighted by Crippen LogP contribution is 2.29. The van der Waals surface area contributed by atoms with Crippen molar-refractivity contribution in [3.63, 3.8) is 0 Å².